The van der Waals surface area contributed by atoms with Crippen LogP contribution in [0, 0.1) is 4.91 Å². The van der Waals surface area contributed by atoms with Gasteiger partial charge in [-0.15, -0.1) is 18.1 Å². The second-order valence-corrected chi connectivity index (χ2v) is 4.84. The lowest BCUT2D eigenvalue weighted by molar-refractivity contribution is 1.26. The van der Waals surface area contributed by atoms with Crippen LogP contribution in [0.3, 0.4) is 0 Å². The molecule has 0 aliphatic rings. The van der Waals surface area contributed by atoms with E-state index < -0.39 is 0 Å². The molecule has 0 atom stereocenters. The minimum Gasteiger partial charge on any atom is -0.398 e. The molecule has 106 valence electrons. The molecule has 2 aromatic carbocycles. The van der Waals surface area contributed by atoms with Crippen molar-refractivity contribution in [2.45, 2.75) is 12.8 Å². The van der Waals surface area contributed by atoms with Crippen LogP contribution in [0.1, 0.15) is 11.1 Å². The van der Waals surface area contributed by atoms with Gasteiger partial charge in [0.1, 0.15) is 5.69 Å². The third-order valence-corrected chi connectivity index (χ3v) is 3.36. The molecule has 0 saturated carbocycles. The van der Waals surface area contributed by atoms with Crippen molar-refractivity contribution >= 4 is 11.4 Å². The SMILES string of the molecule is C=CCc1ccc(N=O)c(-c2ccc(N)c(CC=C)c2)c1. The summed E-state index contributed by atoms with van der Waals surface area (Å²) in [7, 11) is 0. The lowest BCUT2D eigenvalue weighted by Crippen LogP contribution is -1.94. The Balaban J connectivity index is 2.55. The van der Waals surface area contributed by atoms with Crippen molar-refractivity contribution in [1.29, 1.82) is 0 Å². The van der Waals surface area contributed by atoms with Gasteiger partial charge in [0.2, 0.25) is 0 Å². The fourth-order valence-corrected chi connectivity index (χ4v) is 2.29. The first-order valence-electron chi connectivity index (χ1n) is 6.76. The third kappa shape index (κ3) is 3.26. The highest BCUT2D eigenvalue weighted by molar-refractivity contribution is 5.78. The maximum atomic E-state index is 11.0. The van der Waals surface area contributed by atoms with Gasteiger partial charge in [0.25, 0.3) is 0 Å². The number of hydrogen-bond acceptors (Lipinski definition) is 3. The van der Waals surface area contributed by atoms with Gasteiger partial charge < -0.3 is 5.73 Å². The highest BCUT2D eigenvalue weighted by Crippen LogP contribution is 2.33. The number of hydrogen-bond donors (Lipinski definition) is 1. The van der Waals surface area contributed by atoms with Gasteiger partial charge in [0, 0.05) is 11.3 Å². The minimum absolute atomic E-state index is 0.428. The maximum absolute atomic E-state index is 11.0. The number of benzene rings is 2. The third-order valence-electron chi connectivity index (χ3n) is 3.36. The topological polar surface area (TPSA) is 55.5 Å². The Morgan fingerprint density at radius 1 is 1.05 bits per heavy atom. The Morgan fingerprint density at radius 2 is 1.81 bits per heavy atom. The first-order valence-corrected chi connectivity index (χ1v) is 6.76. The largest absolute Gasteiger partial charge is 0.398 e. The van der Waals surface area contributed by atoms with E-state index in [1.54, 1.807) is 6.07 Å². The smallest absolute Gasteiger partial charge is 0.115 e. The van der Waals surface area contributed by atoms with Gasteiger partial charge in [-0.25, -0.2) is 0 Å². The van der Waals surface area contributed by atoms with E-state index in [-0.39, 0.29) is 0 Å². The number of nitrogens with two attached hydrogens (primary N) is 1. The van der Waals surface area contributed by atoms with E-state index in [2.05, 4.69) is 18.3 Å². The molecular formula is C18H18N2O. The van der Waals surface area contributed by atoms with Crippen molar-refractivity contribution in [1.82, 2.24) is 0 Å². The lowest BCUT2D eigenvalue weighted by atomic mass is 9.97. The molecule has 2 N–H and O–H groups in total. The molecule has 0 aliphatic heterocycles. The van der Waals surface area contributed by atoms with Crippen molar-refractivity contribution < 1.29 is 0 Å². The quantitative estimate of drug-likeness (QED) is 0.469. The Bertz CT molecular complexity index is 690. The van der Waals surface area contributed by atoms with Crippen LogP contribution in [-0.2, 0) is 12.8 Å². The van der Waals surface area contributed by atoms with Crippen LogP contribution in [0.5, 0.6) is 0 Å². The normalized spacial score (nSPS) is 10.1. The van der Waals surface area contributed by atoms with E-state index in [4.69, 9.17) is 5.73 Å². The second-order valence-electron chi connectivity index (χ2n) is 4.84. The number of nitroso groups, excluding NO2 is 1. The minimum atomic E-state index is 0.428. The zero-order valence-corrected chi connectivity index (χ0v) is 11.9. The molecular weight excluding hydrogens is 260 g/mol. The molecule has 0 saturated heterocycles. The summed E-state index contributed by atoms with van der Waals surface area (Å²) in [4.78, 5) is 11.0. The summed E-state index contributed by atoms with van der Waals surface area (Å²) in [5.74, 6) is 0. The van der Waals surface area contributed by atoms with Crippen LogP contribution >= 0.6 is 0 Å². The molecule has 0 spiro atoms. The lowest BCUT2D eigenvalue weighted by Gasteiger charge is -2.10. The number of anilines is 1. The zero-order valence-electron chi connectivity index (χ0n) is 11.9. The summed E-state index contributed by atoms with van der Waals surface area (Å²) in [6, 6.07) is 11.3. The Kier molecular flexibility index (Phi) is 4.67. The van der Waals surface area contributed by atoms with Crippen molar-refractivity contribution in [3.63, 3.8) is 0 Å². The summed E-state index contributed by atoms with van der Waals surface area (Å²) < 4.78 is 0. The highest BCUT2D eigenvalue weighted by atomic mass is 16.3. The van der Waals surface area contributed by atoms with Crippen LogP contribution in [-0.4, -0.2) is 0 Å². The Morgan fingerprint density at radius 3 is 2.48 bits per heavy atom. The second kappa shape index (κ2) is 6.66. The molecule has 21 heavy (non-hydrogen) atoms. The predicted molar refractivity (Wildman–Crippen MR) is 89.5 cm³/mol. The summed E-state index contributed by atoms with van der Waals surface area (Å²) in [5, 5.41) is 3.12. The summed E-state index contributed by atoms with van der Waals surface area (Å²) >= 11 is 0. The molecule has 0 fully saturated rings. The van der Waals surface area contributed by atoms with Crippen molar-refractivity contribution in [3.05, 3.63) is 77.7 Å². The van der Waals surface area contributed by atoms with E-state index in [9.17, 15) is 4.91 Å². The summed E-state index contributed by atoms with van der Waals surface area (Å²) in [6.07, 6.45) is 5.08. The summed E-state index contributed by atoms with van der Waals surface area (Å²) in [6.45, 7) is 7.47. The van der Waals surface area contributed by atoms with Crippen LogP contribution in [0.15, 0.2) is 66.9 Å². The van der Waals surface area contributed by atoms with Crippen molar-refractivity contribution in [2.75, 3.05) is 5.73 Å². The van der Waals surface area contributed by atoms with Crippen LogP contribution in [0.4, 0.5) is 11.4 Å². The van der Waals surface area contributed by atoms with Gasteiger partial charge in [-0.05, 0) is 59.0 Å². The fourth-order valence-electron chi connectivity index (χ4n) is 2.29. The molecule has 2 aromatic rings. The molecule has 2 rings (SSSR count). The molecule has 0 bridgehead atoms. The predicted octanol–water partition coefficient (Wildman–Crippen LogP) is 4.79. The number of rotatable bonds is 6. The average molecular weight is 278 g/mol. The first-order chi connectivity index (χ1) is 10.2. The average Bonchev–Trinajstić information content (AvgIpc) is 2.50. The monoisotopic (exact) mass is 278 g/mol. The van der Waals surface area contributed by atoms with Gasteiger partial charge in [-0.3, -0.25) is 0 Å². The molecule has 0 aliphatic carbocycles. The molecule has 0 amide bonds. The van der Waals surface area contributed by atoms with Gasteiger partial charge in [-0.1, -0.05) is 24.3 Å². The van der Waals surface area contributed by atoms with Crippen molar-refractivity contribution in [2.24, 2.45) is 5.18 Å². The fraction of sp³-hybridized carbons (Fsp3) is 0.111. The van der Waals surface area contributed by atoms with E-state index >= 15 is 0 Å². The molecule has 3 heteroatoms. The Labute approximate surface area is 124 Å². The van der Waals surface area contributed by atoms with E-state index in [1.165, 1.54) is 0 Å². The Hall–Kier alpha value is -2.68. The molecule has 0 unspecified atom stereocenters. The van der Waals surface area contributed by atoms with Crippen LogP contribution in [0.25, 0.3) is 11.1 Å². The first kappa shape index (κ1) is 14.7. The zero-order chi connectivity index (χ0) is 15.2. The van der Waals surface area contributed by atoms with E-state index in [1.807, 2.05) is 42.5 Å². The van der Waals surface area contributed by atoms with E-state index in [0.29, 0.717) is 12.1 Å². The molecule has 0 heterocycles. The standard InChI is InChI=1S/C18H18N2O/c1-3-5-13-7-10-18(20-21)16(11-13)14-8-9-17(19)15(12-14)6-4-2/h3-4,7-12H,1-2,5-6,19H2. The van der Waals surface area contributed by atoms with Gasteiger partial charge in [0.05, 0.1) is 0 Å². The molecule has 0 radical (unpaired) electrons. The van der Waals surface area contributed by atoms with E-state index in [0.717, 1.165) is 34.4 Å². The molecule has 3 nitrogen and oxygen atoms in total. The van der Waals surface area contributed by atoms with Crippen LogP contribution in [0.2, 0.25) is 0 Å². The molecule has 0 aromatic heterocycles. The number of nitrogen functional groups attached to an aromatic ring is 1. The van der Waals surface area contributed by atoms with Gasteiger partial charge >= 0.3 is 0 Å². The van der Waals surface area contributed by atoms with Crippen molar-refractivity contribution in [3.8, 4) is 11.1 Å². The summed E-state index contributed by atoms with van der Waals surface area (Å²) in [5.41, 5.74) is 10.9. The van der Waals surface area contributed by atoms with Gasteiger partial charge in [-0.2, -0.15) is 0 Å². The number of nitrogens with zero attached hydrogens (tertiary/aromatic N) is 1. The van der Waals surface area contributed by atoms with Crippen LogP contribution < -0.4 is 5.73 Å². The number of allylic oxidation sites excluding steroid dienone is 2. The van der Waals surface area contributed by atoms with Gasteiger partial charge in [0.15, 0.2) is 0 Å². The maximum Gasteiger partial charge on any atom is 0.115 e. The highest BCUT2D eigenvalue weighted by Gasteiger charge is 2.09.